The maximum atomic E-state index is 14.3. The second-order valence-electron chi connectivity index (χ2n) is 16.2. The maximum absolute atomic E-state index is 14.3. The van der Waals surface area contributed by atoms with Crippen molar-refractivity contribution < 1.29 is 33.3 Å². The third-order valence-corrected chi connectivity index (χ3v) is 14.5. The molecule has 0 saturated carbocycles. The van der Waals surface area contributed by atoms with Crippen molar-refractivity contribution in [1.82, 2.24) is 9.97 Å². The molecule has 7 aromatic rings. The van der Waals surface area contributed by atoms with Gasteiger partial charge in [-0.3, -0.25) is 14.3 Å². The Morgan fingerprint density at radius 2 is 1.15 bits per heavy atom. The number of ether oxygens (including phenoxy) is 4. The number of H-pyrrole nitrogens is 1. The minimum atomic E-state index is -4.90. The van der Waals surface area contributed by atoms with E-state index in [1.807, 2.05) is 170 Å². The molecule has 67 heavy (non-hydrogen) atoms. The van der Waals surface area contributed by atoms with Crippen LogP contribution in [-0.2, 0) is 25.2 Å². The minimum Gasteiger partial charge on any atom is -0.496 e. The van der Waals surface area contributed by atoms with E-state index in [1.165, 1.54) is 0 Å². The Bertz CT molecular complexity index is 2760. The van der Waals surface area contributed by atoms with Gasteiger partial charge in [-0.05, 0) is 47.2 Å². The lowest BCUT2D eigenvalue weighted by atomic mass is 9.76. The SMILES string of the molecule is CCC(CC)(OC(CCOC(c1ccccc1)(c1ccccc1)c1ccccc1OC)N1CNc2c1nc(NC(c1ccccc1)(c1ccccc1)c1ccccc1OC)[nH]c2=O)P(=O)(O)O. The monoisotopic (exact) mass is 921 g/mol. The standard InChI is InChI=1S/C53H56N5O8P/c1-5-51(6-2,67(60,61)62)66-46(35-36-65-53(40-27-15-9-16-28-40,41-29-17-10-18-30-41)43-32-20-22-34-45(43)64-4)58-37-54-47-48(58)55-50(56-49(47)59)57-52(38-23-11-7-12-24-38,39-25-13-8-14-26-39)42-31-19-21-33-44(42)63-3/h7-34,46,54H,5-6,35-37H2,1-4H3,(H2,60,61,62)(H2,55,56,57,59). The fraction of sp³-hybridized carbons (Fsp3) is 0.245. The Kier molecular flexibility index (Phi) is 14.0. The molecule has 1 aliphatic heterocycles. The molecule has 0 bridgehead atoms. The van der Waals surface area contributed by atoms with Crippen LogP contribution in [0.3, 0.4) is 0 Å². The molecule has 6 aromatic carbocycles. The predicted octanol–water partition coefficient (Wildman–Crippen LogP) is 9.82. The molecule has 0 radical (unpaired) electrons. The van der Waals surface area contributed by atoms with Crippen molar-refractivity contribution >= 4 is 25.0 Å². The number of methoxy groups -OCH3 is 2. The molecule has 0 aliphatic carbocycles. The zero-order chi connectivity index (χ0) is 47.1. The Hall–Kier alpha value is -6.73. The number of nitrogens with zero attached hydrogens (tertiary/aromatic N) is 2. The minimum absolute atomic E-state index is 0.00360. The number of nitrogens with one attached hydrogen (secondary N) is 3. The summed E-state index contributed by atoms with van der Waals surface area (Å²) >= 11 is 0. The summed E-state index contributed by atoms with van der Waals surface area (Å²) < 4.78 is 39.5. The molecule has 0 amide bonds. The van der Waals surface area contributed by atoms with E-state index < -0.39 is 35.9 Å². The largest absolute Gasteiger partial charge is 0.496 e. The van der Waals surface area contributed by atoms with Crippen LogP contribution in [0.2, 0.25) is 0 Å². The first kappa shape index (κ1) is 46.8. The van der Waals surface area contributed by atoms with Gasteiger partial charge in [-0.15, -0.1) is 0 Å². The molecule has 5 N–H and O–H groups in total. The summed E-state index contributed by atoms with van der Waals surface area (Å²) in [6, 6.07) is 54.8. The van der Waals surface area contributed by atoms with Gasteiger partial charge in [0, 0.05) is 17.5 Å². The summed E-state index contributed by atoms with van der Waals surface area (Å²) in [7, 11) is -1.66. The quantitative estimate of drug-likeness (QED) is 0.0363. The van der Waals surface area contributed by atoms with Gasteiger partial charge >= 0.3 is 7.60 Å². The smallest absolute Gasteiger partial charge is 0.357 e. The lowest BCUT2D eigenvalue weighted by Crippen LogP contribution is -2.46. The van der Waals surface area contributed by atoms with E-state index in [0.29, 0.717) is 11.5 Å². The highest BCUT2D eigenvalue weighted by atomic mass is 31.2. The summed E-state index contributed by atoms with van der Waals surface area (Å²) in [6.45, 7) is 3.43. The Morgan fingerprint density at radius 3 is 1.64 bits per heavy atom. The van der Waals surface area contributed by atoms with Gasteiger partial charge in [0.05, 0.1) is 27.5 Å². The van der Waals surface area contributed by atoms with Crippen molar-refractivity contribution in [3.8, 4) is 11.5 Å². The predicted molar refractivity (Wildman–Crippen MR) is 262 cm³/mol. The van der Waals surface area contributed by atoms with Crippen LogP contribution >= 0.6 is 7.60 Å². The summed E-state index contributed by atoms with van der Waals surface area (Å²) in [6.07, 6.45) is -0.990. The van der Waals surface area contributed by atoms with Gasteiger partial charge in [0.25, 0.3) is 5.56 Å². The summed E-state index contributed by atoms with van der Waals surface area (Å²) in [5, 5.41) is 4.99. The van der Waals surface area contributed by atoms with E-state index in [4.69, 9.17) is 23.9 Å². The van der Waals surface area contributed by atoms with Crippen LogP contribution in [0, 0.1) is 0 Å². The van der Waals surface area contributed by atoms with Crippen molar-refractivity contribution in [2.24, 2.45) is 0 Å². The Balaban J connectivity index is 1.25. The maximum Gasteiger partial charge on any atom is 0.357 e. The van der Waals surface area contributed by atoms with Gasteiger partial charge < -0.3 is 44.3 Å². The molecular formula is C53H56N5O8P. The van der Waals surface area contributed by atoms with Crippen molar-refractivity contribution in [3.63, 3.8) is 0 Å². The van der Waals surface area contributed by atoms with Crippen molar-refractivity contribution in [1.29, 1.82) is 0 Å². The number of anilines is 3. The van der Waals surface area contributed by atoms with Crippen LogP contribution in [0.1, 0.15) is 66.5 Å². The molecule has 0 spiro atoms. The molecule has 1 atom stereocenters. The van der Waals surface area contributed by atoms with E-state index in [9.17, 15) is 19.1 Å². The van der Waals surface area contributed by atoms with Crippen LogP contribution in [0.15, 0.2) is 175 Å². The molecule has 2 heterocycles. The van der Waals surface area contributed by atoms with E-state index >= 15 is 0 Å². The number of fused-ring (bicyclic) bond motifs is 1. The average molecular weight is 922 g/mol. The van der Waals surface area contributed by atoms with Crippen LogP contribution in [-0.4, -0.2) is 58.8 Å². The first-order valence-corrected chi connectivity index (χ1v) is 24.0. The van der Waals surface area contributed by atoms with E-state index in [2.05, 4.69) is 15.6 Å². The summed E-state index contributed by atoms with van der Waals surface area (Å²) in [5.74, 6) is 1.56. The van der Waals surface area contributed by atoms with Gasteiger partial charge in [-0.1, -0.05) is 172 Å². The molecule has 346 valence electrons. The summed E-state index contributed by atoms with van der Waals surface area (Å²) in [4.78, 5) is 46.1. The third-order valence-electron chi connectivity index (χ3n) is 12.7. The number of para-hydroxylation sites is 2. The van der Waals surface area contributed by atoms with Crippen molar-refractivity contribution in [2.75, 3.05) is 43.0 Å². The molecule has 14 heteroatoms. The number of hydrogen-bond acceptors (Lipinski definition) is 10. The number of aromatic amines is 1. The molecule has 1 aliphatic rings. The highest BCUT2D eigenvalue weighted by Gasteiger charge is 2.49. The molecule has 1 unspecified atom stereocenters. The number of aromatic nitrogens is 2. The van der Waals surface area contributed by atoms with Gasteiger partial charge in [-0.25, -0.2) is 0 Å². The fourth-order valence-electron chi connectivity index (χ4n) is 9.31. The second kappa shape index (κ2) is 20.0. The molecule has 0 saturated heterocycles. The number of hydrogen-bond donors (Lipinski definition) is 5. The highest BCUT2D eigenvalue weighted by Crippen LogP contribution is 2.56. The van der Waals surface area contributed by atoms with E-state index in [0.717, 1.165) is 33.4 Å². The average Bonchev–Trinajstić information content (AvgIpc) is 3.81. The molecule has 0 fully saturated rings. The van der Waals surface area contributed by atoms with Crippen LogP contribution < -0.4 is 30.6 Å². The number of benzene rings is 6. The zero-order valence-electron chi connectivity index (χ0n) is 38.0. The second-order valence-corrected chi connectivity index (χ2v) is 18.1. The van der Waals surface area contributed by atoms with Crippen LogP contribution in [0.25, 0.3) is 0 Å². The summed E-state index contributed by atoms with van der Waals surface area (Å²) in [5.41, 5.74) is 2.22. The molecule has 8 rings (SSSR count). The van der Waals surface area contributed by atoms with Gasteiger partial charge in [-0.2, -0.15) is 4.98 Å². The first-order valence-electron chi connectivity index (χ1n) is 22.3. The normalized spacial score (nSPS) is 13.4. The topological polar surface area (TPSA) is 167 Å². The third kappa shape index (κ3) is 8.84. The van der Waals surface area contributed by atoms with Crippen molar-refractivity contribution in [3.05, 3.63) is 214 Å². The van der Waals surface area contributed by atoms with Crippen LogP contribution in [0.5, 0.6) is 11.5 Å². The van der Waals surface area contributed by atoms with Gasteiger partial charge in [0.15, 0.2) is 11.2 Å². The first-order chi connectivity index (χ1) is 32.5. The van der Waals surface area contributed by atoms with E-state index in [-0.39, 0.29) is 50.0 Å². The Labute approximate surface area is 390 Å². The molecule has 1 aromatic heterocycles. The molecule has 13 nitrogen and oxygen atoms in total. The van der Waals surface area contributed by atoms with Gasteiger partial charge in [0.1, 0.15) is 34.6 Å². The Morgan fingerprint density at radius 1 is 0.687 bits per heavy atom. The lowest BCUT2D eigenvalue weighted by Gasteiger charge is -2.41. The lowest BCUT2D eigenvalue weighted by molar-refractivity contribution is -0.0803. The molecular weight excluding hydrogens is 866 g/mol. The van der Waals surface area contributed by atoms with Crippen molar-refractivity contribution in [2.45, 2.75) is 55.8 Å². The van der Waals surface area contributed by atoms with Gasteiger partial charge in [0.2, 0.25) is 5.95 Å². The van der Waals surface area contributed by atoms with Crippen LogP contribution in [0.4, 0.5) is 17.5 Å². The fourth-order valence-corrected chi connectivity index (χ4v) is 10.4. The van der Waals surface area contributed by atoms with E-state index in [1.54, 1.807) is 33.0 Å². The zero-order valence-corrected chi connectivity index (χ0v) is 38.9. The highest BCUT2D eigenvalue weighted by molar-refractivity contribution is 7.53. The number of rotatable bonds is 20.